The van der Waals surface area contributed by atoms with E-state index >= 15 is 0 Å². The number of pyridine rings is 1. The molecular formula is C12H17ClN4O. The zero-order valence-electron chi connectivity index (χ0n) is 10.8. The Morgan fingerprint density at radius 3 is 2.89 bits per heavy atom. The largest absolute Gasteiger partial charge is 0.374 e. The highest BCUT2D eigenvalue weighted by Gasteiger charge is 2.22. The number of nitrogens with zero attached hydrogens (tertiary/aromatic N) is 3. The molecule has 0 atom stereocenters. The third kappa shape index (κ3) is 2.57. The van der Waals surface area contributed by atoms with Gasteiger partial charge < -0.3 is 10.5 Å². The molecule has 6 heteroatoms. The second-order valence-electron chi connectivity index (χ2n) is 4.75. The van der Waals surface area contributed by atoms with Gasteiger partial charge in [-0.3, -0.25) is 4.57 Å². The number of hydrogen-bond donors (Lipinski definition) is 1. The molecular weight excluding hydrogens is 252 g/mol. The minimum Gasteiger partial charge on any atom is -0.374 e. The number of rotatable bonds is 4. The SMILES string of the molecule is CCOC(C)(C)Cn1c(N)nc2cc(Cl)cnc21. The molecule has 0 aliphatic carbocycles. The summed E-state index contributed by atoms with van der Waals surface area (Å²) in [6.45, 7) is 7.24. The van der Waals surface area contributed by atoms with E-state index in [2.05, 4.69) is 9.97 Å². The van der Waals surface area contributed by atoms with Crippen molar-refractivity contribution in [2.24, 2.45) is 0 Å². The van der Waals surface area contributed by atoms with E-state index in [1.807, 2.05) is 25.3 Å². The predicted octanol–water partition coefficient (Wildman–Crippen LogP) is 2.48. The Labute approximate surface area is 111 Å². The van der Waals surface area contributed by atoms with Crippen LogP contribution in [0.15, 0.2) is 12.3 Å². The molecule has 5 nitrogen and oxygen atoms in total. The Morgan fingerprint density at radius 1 is 1.50 bits per heavy atom. The van der Waals surface area contributed by atoms with Crippen LogP contribution < -0.4 is 5.73 Å². The average Bonchev–Trinajstić information content (AvgIpc) is 2.54. The van der Waals surface area contributed by atoms with Crippen LogP contribution in [0, 0.1) is 0 Å². The Bertz CT molecular complexity index is 564. The Balaban J connectivity index is 2.41. The number of imidazole rings is 1. The topological polar surface area (TPSA) is 66.0 Å². The fraction of sp³-hybridized carbons (Fsp3) is 0.500. The van der Waals surface area contributed by atoms with E-state index in [1.165, 1.54) is 0 Å². The van der Waals surface area contributed by atoms with Gasteiger partial charge in [0.2, 0.25) is 5.95 Å². The molecule has 0 aliphatic rings. The van der Waals surface area contributed by atoms with Gasteiger partial charge in [-0.2, -0.15) is 0 Å². The van der Waals surface area contributed by atoms with Gasteiger partial charge >= 0.3 is 0 Å². The second kappa shape index (κ2) is 4.74. The van der Waals surface area contributed by atoms with Crippen molar-refractivity contribution >= 4 is 28.7 Å². The van der Waals surface area contributed by atoms with E-state index in [-0.39, 0.29) is 5.60 Å². The molecule has 2 aromatic heterocycles. The van der Waals surface area contributed by atoms with Crippen molar-refractivity contribution in [3.63, 3.8) is 0 Å². The van der Waals surface area contributed by atoms with E-state index in [0.717, 1.165) is 5.65 Å². The molecule has 0 fully saturated rings. The van der Waals surface area contributed by atoms with Crippen LogP contribution in [-0.2, 0) is 11.3 Å². The maximum atomic E-state index is 5.92. The first-order chi connectivity index (χ1) is 8.43. The summed E-state index contributed by atoms with van der Waals surface area (Å²) in [5, 5.41) is 0.552. The average molecular weight is 269 g/mol. The lowest BCUT2D eigenvalue weighted by Crippen LogP contribution is -2.31. The van der Waals surface area contributed by atoms with Gasteiger partial charge in [0.25, 0.3) is 0 Å². The third-order valence-corrected chi connectivity index (χ3v) is 2.86. The molecule has 2 N–H and O–H groups in total. The Morgan fingerprint density at radius 2 is 2.22 bits per heavy atom. The van der Waals surface area contributed by atoms with Gasteiger partial charge in [0.15, 0.2) is 5.65 Å². The zero-order valence-corrected chi connectivity index (χ0v) is 11.5. The van der Waals surface area contributed by atoms with Gasteiger partial charge in [0.1, 0.15) is 5.52 Å². The van der Waals surface area contributed by atoms with Gasteiger partial charge in [-0.25, -0.2) is 9.97 Å². The number of fused-ring (bicyclic) bond motifs is 1. The molecule has 2 rings (SSSR count). The van der Waals surface area contributed by atoms with Gasteiger partial charge in [-0.05, 0) is 26.8 Å². The highest BCUT2D eigenvalue weighted by molar-refractivity contribution is 6.31. The molecule has 0 spiro atoms. The van der Waals surface area contributed by atoms with Crippen molar-refractivity contribution in [3.8, 4) is 0 Å². The molecule has 0 unspecified atom stereocenters. The van der Waals surface area contributed by atoms with Crippen molar-refractivity contribution in [2.75, 3.05) is 12.3 Å². The molecule has 2 heterocycles. The summed E-state index contributed by atoms with van der Waals surface area (Å²) in [5.74, 6) is 0.424. The van der Waals surface area contributed by atoms with Gasteiger partial charge in [-0.1, -0.05) is 11.6 Å². The minimum atomic E-state index is -0.322. The zero-order chi connectivity index (χ0) is 13.3. The number of aromatic nitrogens is 3. The van der Waals surface area contributed by atoms with Gasteiger partial charge in [-0.15, -0.1) is 0 Å². The van der Waals surface area contributed by atoms with E-state index in [0.29, 0.717) is 29.6 Å². The standard InChI is InChI=1S/C12H17ClN4O/c1-4-18-12(2,3)7-17-10-9(16-11(17)14)5-8(13)6-15-10/h5-6H,4,7H2,1-3H3,(H2,14,16). The lowest BCUT2D eigenvalue weighted by Gasteiger charge is -2.25. The first kappa shape index (κ1) is 13.1. The molecule has 0 bridgehead atoms. The summed E-state index contributed by atoms with van der Waals surface area (Å²) in [6, 6.07) is 1.75. The number of hydrogen-bond acceptors (Lipinski definition) is 4. The molecule has 0 aromatic carbocycles. The highest BCUT2D eigenvalue weighted by atomic mass is 35.5. The van der Waals surface area contributed by atoms with Crippen molar-refractivity contribution in [3.05, 3.63) is 17.3 Å². The van der Waals surface area contributed by atoms with Crippen LogP contribution in [0.25, 0.3) is 11.2 Å². The summed E-state index contributed by atoms with van der Waals surface area (Å²) in [7, 11) is 0. The quantitative estimate of drug-likeness (QED) is 0.925. The van der Waals surface area contributed by atoms with E-state index < -0.39 is 0 Å². The predicted molar refractivity (Wildman–Crippen MR) is 72.7 cm³/mol. The van der Waals surface area contributed by atoms with Crippen LogP contribution >= 0.6 is 11.6 Å². The van der Waals surface area contributed by atoms with Crippen molar-refractivity contribution in [1.29, 1.82) is 0 Å². The molecule has 0 saturated carbocycles. The fourth-order valence-electron chi connectivity index (χ4n) is 1.98. The second-order valence-corrected chi connectivity index (χ2v) is 5.18. The Hall–Kier alpha value is -1.33. The number of anilines is 1. The van der Waals surface area contributed by atoms with Crippen LogP contribution in [-0.4, -0.2) is 26.7 Å². The van der Waals surface area contributed by atoms with Crippen LogP contribution in [0.4, 0.5) is 5.95 Å². The first-order valence-corrected chi connectivity index (χ1v) is 6.22. The number of nitrogens with two attached hydrogens (primary N) is 1. The molecule has 0 amide bonds. The summed E-state index contributed by atoms with van der Waals surface area (Å²) >= 11 is 5.89. The molecule has 0 radical (unpaired) electrons. The maximum absolute atomic E-state index is 5.92. The summed E-state index contributed by atoms with van der Waals surface area (Å²) in [5.41, 5.74) is 7.03. The van der Waals surface area contributed by atoms with Crippen LogP contribution in [0.2, 0.25) is 5.02 Å². The minimum absolute atomic E-state index is 0.322. The molecule has 2 aromatic rings. The number of nitrogen functional groups attached to an aromatic ring is 1. The summed E-state index contributed by atoms with van der Waals surface area (Å²) in [4.78, 5) is 8.54. The molecule has 18 heavy (non-hydrogen) atoms. The van der Waals surface area contributed by atoms with E-state index in [9.17, 15) is 0 Å². The van der Waals surface area contributed by atoms with Crippen molar-refractivity contribution in [2.45, 2.75) is 32.9 Å². The van der Waals surface area contributed by atoms with Crippen LogP contribution in [0.3, 0.4) is 0 Å². The lowest BCUT2D eigenvalue weighted by molar-refractivity contribution is -0.0213. The monoisotopic (exact) mass is 268 g/mol. The normalized spacial score (nSPS) is 12.2. The third-order valence-electron chi connectivity index (χ3n) is 2.66. The summed E-state index contributed by atoms with van der Waals surface area (Å²) in [6.07, 6.45) is 1.59. The van der Waals surface area contributed by atoms with E-state index in [4.69, 9.17) is 22.1 Å². The Kier molecular flexibility index (Phi) is 3.45. The number of halogens is 1. The first-order valence-electron chi connectivity index (χ1n) is 5.84. The fourth-order valence-corrected chi connectivity index (χ4v) is 2.13. The molecule has 98 valence electrons. The van der Waals surface area contributed by atoms with Crippen LogP contribution in [0.1, 0.15) is 20.8 Å². The van der Waals surface area contributed by atoms with Gasteiger partial charge in [0.05, 0.1) is 17.2 Å². The maximum Gasteiger partial charge on any atom is 0.202 e. The summed E-state index contributed by atoms with van der Waals surface area (Å²) < 4.78 is 7.52. The molecule has 0 saturated heterocycles. The van der Waals surface area contributed by atoms with Crippen molar-refractivity contribution in [1.82, 2.24) is 14.5 Å². The molecule has 0 aliphatic heterocycles. The van der Waals surface area contributed by atoms with Crippen LogP contribution in [0.5, 0.6) is 0 Å². The lowest BCUT2D eigenvalue weighted by atomic mass is 10.1. The van der Waals surface area contributed by atoms with Crippen molar-refractivity contribution < 1.29 is 4.74 Å². The highest BCUT2D eigenvalue weighted by Crippen LogP contribution is 2.22. The van der Waals surface area contributed by atoms with E-state index in [1.54, 1.807) is 12.3 Å². The number of ether oxygens (including phenoxy) is 1. The smallest absolute Gasteiger partial charge is 0.202 e. The van der Waals surface area contributed by atoms with Gasteiger partial charge in [0, 0.05) is 12.8 Å².